The van der Waals surface area contributed by atoms with Gasteiger partial charge in [-0.05, 0) is 11.3 Å². The summed E-state index contributed by atoms with van der Waals surface area (Å²) >= 11 is 2.91. The minimum atomic E-state index is -0.0715. The smallest absolute Gasteiger partial charge is 0.299 e. The number of halogens is 1. The second kappa shape index (κ2) is 3.49. The van der Waals surface area contributed by atoms with E-state index in [1.807, 2.05) is 0 Å². The normalized spacial score (nSPS) is 19.1. The molecule has 66 valence electrons. The van der Waals surface area contributed by atoms with E-state index in [4.69, 9.17) is 0 Å². The molecule has 12 heavy (non-hydrogen) atoms. The fourth-order valence-electron chi connectivity index (χ4n) is 1.36. The molecule has 0 unspecified atom stereocenters. The van der Waals surface area contributed by atoms with Gasteiger partial charge in [-0.3, -0.25) is 4.79 Å². The lowest BCUT2D eigenvalue weighted by Gasteiger charge is -2.46. The summed E-state index contributed by atoms with van der Waals surface area (Å²) in [5.74, 6) is 2.39. The Labute approximate surface area is 81.4 Å². The van der Waals surface area contributed by atoms with E-state index in [0.29, 0.717) is 5.41 Å². The largest absolute Gasteiger partial charge is 0.331 e. The summed E-state index contributed by atoms with van der Waals surface area (Å²) in [5.41, 5.74) is 0.337. The van der Waals surface area contributed by atoms with Crippen molar-refractivity contribution >= 4 is 21.8 Å². The van der Waals surface area contributed by atoms with Gasteiger partial charge >= 0.3 is 0 Å². The average Bonchev–Trinajstić information content (AvgIpc) is 1.99. The predicted molar refractivity (Wildman–Crippen MR) is 51.7 cm³/mol. The molecule has 0 aliphatic carbocycles. The number of hydrogen-bond acceptors (Lipinski definition) is 1. The van der Waals surface area contributed by atoms with E-state index in [9.17, 15) is 4.79 Å². The highest BCUT2D eigenvalue weighted by Crippen LogP contribution is 2.32. The van der Waals surface area contributed by atoms with Gasteiger partial charge in [0.05, 0.1) is 0 Å². The van der Waals surface area contributed by atoms with Gasteiger partial charge in [-0.1, -0.05) is 13.8 Å². The number of hydrogen-bond donors (Lipinski definition) is 0. The van der Waals surface area contributed by atoms with Crippen LogP contribution >= 0.6 is 15.9 Å². The van der Waals surface area contributed by atoms with Crippen LogP contribution in [0.4, 0.5) is 0 Å². The minimum Gasteiger partial charge on any atom is -0.331 e. The third kappa shape index (κ3) is 1.81. The monoisotopic (exact) mass is 229 g/mol. The van der Waals surface area contributed by atoms with Crippen LogP contribution in [0.3, 0.4) is 0 Å². The molecule has 2 nitrogen and oxygen atoms in total. The Balaban J connectivity index is 2.42. The third-order valence-corrected chi connectivity index (χ3v) is 2.64. The van der Waals surface area contributed by atoms with E-state index in [0.717, 1.165) is 19.5 Å². The van der Waals surface area contributed by atoms with Gasteiger partial charge in [-0.25, -0.2) is 0 Å². The first-order valence-corrected chi connectivity index (χ1v) is 4.81. The van der Waals surface area contributed by atoms with E-state index in [1.54, 1.807) is 4.90 Å². The molecule has 1 aliphatic rings. The Morgan fingerprint density at radius 2 is 2.25 bits per heavy atom. The van der Waals surface area contributed by atoms with E-state index in [-0.39, 0.29) is 5.91 Å². The molecule has 1 fully saturated rings. The fraction of sp³-hybridized carbons (Fsp3) is 0.667. The van der Waals surface area contributed by atoms with Crippen LogP contribution in [0.1, 0.15) is 20.3 Å². The standard InChI is InChI=1S/C9H12BrNO/c1-3-9(2)6-11(7-9)8(12)4-5-10/h3,6-7H2,1-2H3. The molecule has 0 aromatic heterocycles. The summed E-state index contributed by atoms with van der Waals surface area (Å²) in [4.78, 5) is 15.4. The third-order valence-electron chi connectivity index (χ3n) is 2.44. The Morgan fingerprint density at radius 3 is 2.67 bits per heavy atom. The van der Waals surface area contributed by atoms with Crippen molar-refractivity contribution < 1.29 is 4.79 Å². The van der Waals surface area contributed by atoms with Crippen molar-refractivity contribution in [2.45, 2.75) is 20.3 Å². The van der Waals surface area contributed by atoms with Crippen molar-refractivity contribution in [1.82, 2.24) is 4.90 Å². The Kier molecular flexibility index (Phi) is 2.79. The Morgan fingerprint density at radius 1 is 1.67 bits per heavy atom. The van der Waals surface area contributed by atoms with Crippen LogP contribution in [0.15, 0.2) is 0 Å². The second-order valence-corrected chi connectivity index (χ2v) is 3.94. The van der Waals surface area contributed by atoms with Gasteiger partial charge < -0.3 is 4.90 Å². The molecule has 1 aliphatic heterocycles. The molecule has 3 heteroatoms. The fourth-order valence-corrected chi connectivity index (χ4v) is 1.53. The van der Waals surface area contributed by atoms with Crippen LogP contribution in [-0.2, 0) is 4.79 Å². The van der Waals surface area contributed by atoms with Gasteiger partial charge in [-0.2, -0.15) is 0 Å². The molecule has 0 aromatic carbocycles. The van der Waals surface area contributed by atoms with Crippen LogP contribution in [-0.4, -0.2) is 23.9 Å². The Bertz CT molecular complexity index is 245. The number of amides is 1. The van der Waals surface area contributed by atoms with Crippen LogP contribution in [0.2, 0.25) is 0 Å². The summed E-state index contributed by atoms with van der Waals surface area (Å²) in [6, 6.07) is 0. The first kappa shape index (κ1) is 9.60. The maximum Gasteiger partial charge on any atom is 0.299 e. The number of carbonyl (C=O) groups excluding carboxylic acids is 1. The SMILES string of the molecule is CCC1(C)CN(C(=O)C#CBr)C1. The van der Waals surface area contributed by atoms with Crippen molar-refractivity contribution in [3.8, 4) is 10.8 Å². The lowest BCUT2D eigenvalue weighted by Crippen LogP contribution is -2.56. The van der Waals surface area contributed by atoms with Gasteiger partial charge in [0.25, 0.3) is 5.91 Å². The molecular weight excluding hydrogens is 218 g/mol. The lowest BCUT2D eigenvalue weighted by molar-refractivity contribution is -0.136. The predicted octanol–water partition coefficient (Wildman–Crippen LogP) is 1.60. The average molecular weight is 230 g/mol. The maximum absolute atomic E-state index is 11.2. The summed E-state index contributed by atoms with van der Waals surface area (Å²) in [5, 5.41) is 0. The molecule has 1 rings (SSSR count). The molecular formula is C9H12BrNO. The maximum atomic E-state index is 11.2. The van der Waals surface area contributed by atoms with E-state index in [1.165, 1.54) is 0 Å². The molecule has 0 aromatic rings. The molecule has 0 N–H and O–H groups in total. The van der Waals surface area contributed by atoms with Crippen LogP contribution in [0.5, 0.6) is 0 Å². The van der Waals surface area contributed by atoms with E-state index >= 15 is 0 Å². The summed E-state index contributed by atoms with van der Waals surface area (Å²) < 4.78 is 0. The zero-order chi connectivity index (χ0) is 9.19. The molecule has 0 atom stereocenters. The van der Waals surface area contributed by atoms with Crippen molar-refractivity contribution in [2.75, 3.05) is 13.1 Å². The number of nitrogens with zero attached hydrogens (tertiary/aromatic N) is 1. The molecule has 0 bridgehead atoms. The van der Waals surface area contributed by atoms with Gasteiger partial charge in [0.15, 0.2) is 0 Å². The topological polar surface area (TPSA) is 20.3 Å². The number of rotatable bonds is 1. The first-order chi connectivity index (χ1) is 5.61. The summed E-state index contributed by atoms with van der Waals surface area (Å²) in [6.45, 7) is 6.05. The molecule has 0 radical (unpaired) electrons. The molecule has 0 saturated carbocycles. The molecule has 1 saturated heterocycles. The minimum absolute atomic E-state index is 0.0715. The zero-order valence-electron chi connectivity index (χ0n) is 7.35. The van der Waals surface area contributed by atoms with Crippen molar-refractivity contribution in [3.05, 3.63) is 0 Å². The molecule has 1 heterocycles. The Hall–Kier alpha value is -0.490. The zero-order valence-corrected chi connectivity index (χ0v) is 8.94. The highest BCUT2D eigenvalue weighted by atomic mass is 79.9. The molecule has 1 amide bonds. The highest BCUT2D eigenvalue weighted by Gasteiger charge is 2.38. The lowest BCUT2D eigenvalue weighted by atomic mass is 9.79. The van der Waals surface area contributed by atoms with Gasteiger partial charge in [-0.15, -0.1) is 0 Å². The van der Waals surface area contributed by atoms with Crippen LogP contribution < -0.4 is 0 Å². The summed E-state index contributed by atoms with van der Waals surface area (Å²) in [7, 11) is 0. The molecule has 0 spiro atoms. The van der Waals surface area contributed by atoms with Gasteiger partial charge in [0.1, 0.15) is 0 Å². The summed E-state index contributed by atoms with van der Waals surface area (Å²) in [6.07, 6.45) is 1.12. The number of carbonyl (C=O) groups is 1. The number of likely N-dealkylation sites (tertiary alicyclic amines) is 1. The van der Waals surface area contributed by atoms with Crippen LogP contribution in [0.25, 0.3) is 0 Å². The van der Waals surface area contributed by atoms with Gasteiger partial charge in [0.2, 0.25) is 0 Å². The van der Waals surface area contributed by atoms with Crippen molar-refractivity contribution in [3.63, 3.8) is 0 Å². The highest BCUT2D eigenvalue weighted by molar-refractivity contribution is 9.12. The van der Waals surface area contributed by atoms with Crippen LogP contribution in [0, 0.1) is 16.2 Å². The van der Waals surface area contributed by atoms with Gasteiger partial charge in [0, 0.05) is 40.4 Å². The van der Waals surface area contributed by atoms with E-state index < -0.39 is 0 Å². The second-order valence-electron chi connectivity index (χ2n) is 3.54. The van der Waals surface area contributed by atoms with Crippen molar-refractivity contribution in [2.24, 2.45) is 5.41 Å². The van der Waals surface area contributed by atoms with E-state index in [2.05, 4.69) is 40.5 Å². The van der Waals surface area contributed by atoms with Crippen molar-refractivity contribution in [1.29, 1.82) is 0 Å². The quantitative estimate of drug-likeness (QED) is 0.626. The first-order valence-electron chi connectivity index (χ1n) is 4.02.